The molecular weight excluding hydrogens is 432 g/mol. The van der Waals surface area contributed by atoms with Crippen molar-refractivity contribution in [2.75, 3.05) is 5.32 Å². The number of carbonyl (C=O) groups excluding carboxylic acids is 1. The fourth-order valence-corrected chi connectivity index (χ4v) is 4.69. The maximum atomic E-state index is 12.7. The summed E-state index contributed by atoms with van der Waals surface area (Å²) in [6, 6.07) is 12.5. The zero-order valence-corrected chi connectivity index (χ0v) is 20.0. The Labute approximate surface area is 187 Å². The van der Waals surface area contributed by atoms with E-state index in [1.54, 1.807) is 6.07 Å². The molecule has 0 saturated carbocycles. The smallest absolute Gasteiger partial charge is 0.238 e. The van der Waals surface area contributed by atoms with E-state index in [1.165, 1.54) is 29.5 Å². The lowest BCUT2D eigenvalue weighted by Gasteiger charge is -2.19. The molecular formula is C22H28N4O3S2. The first kappa shape index (κ1) is 23.3. The van der Waals surface area contributed by atoms with Crippen molar-refractivity contribution in [1.82, 2.24) is 9.55 Å². The number of hydrogen-bond acceptors (Lipinski definition) is 5. The minimum absolute atomic E-state index is 0.0156. The predicted molar refractivity (Wildman–Crippen MR) is 126 cm³/mol. The molecule has 0 aliphatic carbocycles. The molecule has 1 amide bonds. The molecule has 0 aliphatic heterocycles. The molecule has 0 saturated heterocycles. The second kappa shape index (κ2) is 8.64. The number of thioether (sulfide) groups is 1. The van der Waals surface area contributed by atoms with Gasteiger partial charge in [0, 0.05) is 12.2 Å². The summed E-state index contributed by atoms with van der Waals surface area (Å²) < 4.78 is 25.2. The van der Waals surface area contributed by atoms with Gasteiger partial charge >= 0.3 is 0 Å². The average molecular weight is 461 g/mol. The maximum Gasteiger partial charge on any atom is 0.238 e. The quantitative estimate of drug-likeness (QED) is 0.538. The minimum atomic E-state index is -3.81. The Kier molecular flexibility index (Phi) is 6.50. The van der Waals surface area contributed by atoms with Crippen LogP contribution in [0.15, 0.2) is 52.5 Å². The van der Waals surface area contributed by atoms with Gasteiger partial charge in [-0.1, -0.05) is 44.7 Å². The first-order valence-electron chi connectivity index (χ1n) is 10.0. The zero-order chi connectivity index (χ0) is 23.0. The number of nitrogens with zero attached hydrogens (tertiary/aromatic N) is 2. The van der Waals surface area contributed by atoms with Gasteiger partial charge in [-0.3, -0.25) is 4.79 Å². The summed E-state index contributed by atoms with van der Waals surface area (Å²) in [6.07, 6.45) is 0. The number of nitrogens with two attached hydrogens (primary N) is 1. The highest BCUT2D eigenvalue weighted by Gasteiger charge is 2.21. The molecule has 0 aliphatic rings. The highest BCUT2D eigenvalue weighted by Crippen LogP contribution is 2.29. The first-order valence-corrected chi connectivity index (χ1v) is 12.4. The molecule has 3 aromatic rings. The van der Waals surface area contributed by atoms with Gasteiger partial charge in [-0.25, -0.2) is 18.5 Å². The second-order valence-electron chi connectivity index (χ2n) is 8.41. The number of rotatable bonds is 6. The number of aromatic nitrogens is 2. The van der Waals surface area contributed by atoms with E-state index in [2.05, 4.69) is 31.1 Å². The third-order valence-electron chi connectivity index (χ3n) is 5.00. The fraction of sp³-hybridized carbons (Fsp3) is 0.364. The van der Waals surface area contributed by atoms with Crippen LogP contribution in [0.1, 0.15) is 40.2 Å². The zero-order valence-electron chi connectivity index (χ0n) is 18.3. The number of carbonyl (C=O) groups is 1. The van der Waals surface area contributed by atoms with E-state index in [1.807, 2.05) is 42.7 Å². The van der Waals surface area contributed by atoms with Gasteiger partial charge in [0.1, 0.15) is 0 Å². The number of primary sulfonamides is 1. The Balaban J connectivity index is 1.78. The lowest BCUT2D eigenvalue weighted by molar-refractivity contribution is -0.115. The average Bonchev–Trinajstić information content (AvgIpc) is 3.03. The molecule has 0 fully saturated rings. The Hall–Kier alpha value is -2.36. The summed E-state index contributed by atoms with van der Waals surface area (Å²) in [7, 11) is -3.81. The molecule has 1 aromatic heterocycles. The van der Waals surface area contributed by atoms with E-state index in [-0.39, 0.29) is 16.2 Å². The second-order valence-corrected chi connectivity index (χ2v) is 11.3. The van der Waals surface area contributed by atoms with Gasteiger partial charge in [-0.2, -0.15) is 0 Å². The molecule has 0 spiro atoms. The molecule has 1 unspecified atom stereocenters. The molecule has 0 bridgehead atoms. The summed E-state index contributed by atoms with van der Waals surface area (Å²) in [5, 5.41) is 8.43. The number of anilines is 1. The van der Waals surface area contributed by atoms with E-state index in [0.717, 1.165) is 11.2 Å². The lowest BCUT2D eigenvalue weighted by Crippen LogP contribution is -2.23. The Morgan fingerprint density at radius 2 is 1.84 bits per heavy atom. The Morgan fingerprint density at radius 1 is 1.19 bits per heavy atom. The van der Waals surface area contributed by atoms with Crippen molar-refractivity contribution in [3.63, 3.8) is 0 Å². The maximum absolute atomic E-state index is 12.7. The topological polar surface area (TPSA) is 107 Å². The van der Waals surface area contributed by atoms with Crippen LogP contribution in [0.3, 0.4) is 0 Å². The Morgan fingerprint density at radius 3 is 2.39 bits per heavy atom. The van der Waals surface area contributed by atoms with E-state index >= 15 is 0 Å². The van der Waals surface area contributed by atoms with Crippen molar-refractivity contribution in [2.45, 2.75) is 61.9 Å². The lowest BCUT2D eigenvalue weighted by atomic mass is 9.87. The van der Waals surface area contributed by atoms with Gasteiger partial charge < -0.3 is 9.88 Å². The van der Waals surface area contributed by atoms with E-state index in [0.29, 0.717) is 17.2 Å². The van der Waals surface area contributed by atoms with Crippen LogP contribution >= 0.6 is 11.8 Å². The van der Waals surface area contributed by atoms with Crippen molar-refractivity contribution in [2.24, 2.45) is 5.14 Å². The monoisotopic (exact) mass is 460 g/mol. The number of benzene rings is 2. The Bertz CT molecular complexity index is 1210. The highest BCUT2D eigenvalue weighted by molar-refractivity contribution is 8.00. The van der Waals surface area contributed by atoms with Gasteiger partial charge in [0.15, 0.2) is 5.16 Å². The molecule has 1 heterocycles. The van der Waals surface area contributed by atoms with Crippen LogP contribution in [0, 0.1) is 0 Å². The molecule has 7 nitrogen and oxygen atoms in total. The summed E-state index contributed by atoms with van der Waals surface area (Å²) in [5.74, 6) is -0.131. The molecule has 31 heavy (non-hydrogen) atoms. The van der Waals surface area contributed by atoms with Crippen molar-refractivity contribution < 1.29 is 13.2 Å². The number of fused-ring (bicyclic) bond motifs is 1. The van der Waals surface area contributed by atoms with Gasteiger partial charge in [-0.15, -0.1) is 0 Å². The van der Waals surface area contributed by atoms with Crippen LogP contribution in [-0.4, -0.2) is 29.1 Å². The van der Waals surface area contributed by atoms with Crippen molar-refractivity contribution >= 4 is 44.4 Å². The van der Waals surface area contributed by atoms with Crippen LogP contribution in [-0.2, 0) is 26.8 Å². The van der Waals surface area contributed by atoms with Gasteiger partial charge in [0.05, 0.1) is 21.2 Å². The molecule has 2 aromatic carbocycles. The standard InChI is InChI=1S/C22H28N4O3S2/c1-6-26-19-12-11-17(31(23,28)29)13-18(19)25-21(26)30-14(2)20(27)24-16-9-7-15(8-10-16)22(3,4)5/h7-14H,6H2,1-5H3,(H,24,27)(H2,23,28,29). The number of aryl methyl sites for hydroxylation is 1. The number of hydrogen-bond donors (Lipinski definition) is 2. The normalized spacial score (nSPS) is 13.4. The molecule has 0 radical (unpaired) electrons. The van der Waals surface area contributed by atoms with Gasteiger partial charge in [-0.05, 0) is 55.2 Å². The van der Waals surface area contributed by atoms with Crippen LogP contribution in [0.4, 0.5) is 5.69 Å². The number of nitrogens with one attached hydrogen (secondary N) is 1. The van der Waals surface area contributed by atoms with Gasteiger partial charge in [0.25, 0.3) is 0 Å². The summed E-state index contributed by atoms with van der Waals surface area (Å²) in [4.78, 5) is 17.3. The predicted octanol–water partition coefficient (Wildman–Crippen LogP) is 4.12. The van der Waals surface area contributed by atoms with Gasteiger partial charge in [0.2, 0.25) is 15.9 Å². The van der Waals surface area contributed by atoms with Crippen molar-refractivity contribution in [3.05, 3.63) is 48.0 Å². The van der Waals surface area contributed by atoms with E-state index in [9.17, 15) is 13.2 Å². The summed E-state index contributed by atoms with van der Waals surface area (Å²) in [6.45, 7) is 10.9. The largest absolute Gasteiger partial charge is 0.325 e. The molecule has 9 heteroatoms. The van der Waals surface area contributed by atoms with Crippen LogP contribution in [0.5, 0.6) is 0 Å². The third kappa shape index (κ3) is 5.28. The highest BCUT2D eigenvalue weighted by atomic mass is 32.2. The van der Waals surface area contributed by atoms with Crippen LogP contribution in [0.25, 0.3) is 11.0 Å². The molecule has 3 rings (SSSR count). The number of imidazole rings is 1. The van der Waals surface area contributed by atoms with Crippen LogP contribution in [0.2, 0.25) is 0 Å². The molecule has 3 N–H and O–H groups in total. The molecule has 166 valence electrons. The third-order valence-corrected chi connectivity index (χ3v) is 7.00. The summed E-state index contributed by atoms with van der Waals surface area (Å²) in [5.41, 5.74) is 3.31. The first-order chi connectivity index (χ1) is 14.4. The fourth-order valence-electron chi connectivity index (χ4n) is 3.17. The summed E-state index contributed by atoms with van der Waals surface area (Å²) >= 11 is 1.33. The number of amides is 1. The molecule has 1 atom stereocenters. The van der Waals surface area contributed by atoms with E-state index < -0.39 is 15.3 Å². The minimum Gasteiger partial charge on any atom is -0.325 e. The van der Waals surface area contributed by atoms with Crippen molar-refractivity contribution in [3.8, 4) is 0 Å². The van der Waals surface area contributed by atoms with E-state index in [4.69, 9.17) is 5.14 Å². The number of sulfonamides is 1. The van der Waals surface area contributed by atoms with Crippen LogP contribution < -0.4 is 10.5 Å². The van der Waals surface area contributed by atoms with Crippen molar-refractivity contribution in [1.29, 1.82) is 0 Å². The SMILES string of the molecule is CCn1c(SC(C)C(=O)Nc2ccc(C(C)(C)C)cc2)nc2cc(S(N)(=O)=O)ccc21.